The minimum atomic E-state index is -0.275. The van der Waals surface area contributed by atoms with E-state index in [1.165, 1.54) is 24.0 Å². The first-order chi connectivity index (χ1) is 13.3. The summed E-state index contributed by atoms with van der Waals surface area (Å²) >= 11 is 0. The molecule has 5 atom stereocenters. The smallest absolute Gasteiger partial charge is 0.122 e. The van der Waals surface area contributed by atoms with E-state index in [2.05, 4.69) is 39.0 Å². The minimum Gasteiger partial charge on any atom is -0.494 e. The molecule has 3 nitrogen and oxygen atoms in total. The largest absolute Gasteiger partial charge is 0.494 e. The van der Waals surface area contributed by atoms with E-state index in [-0.39, 0.29) is 29.0 Å². The summed E-state index contributed by atoms with van der Waals surface area (Å²) in [7, 11) is 0. The summed E-state index contributed by atoms with van der Waals surface area (Å²) in [5, 5.41) is 21.4. The van der Waals surface area contributed by atoms with Crippen molar-refractivity contribution in [2.45, 2.75) is 97.7 Å². The molecule has 1 aromatic rings. The van der Waals surface area contributed by atoms with Crippen LogP contribution in [0.15, 0.2) is 18.2 Å². The molecule has 0 saturated heterocycles. The molecule has 1 aromatic carbocycles. The van der Waals surface area contributed by atoms with Gasteiger partial charge in [-0.15, -0.1) is 0 Å². The SMILES string of the molecule is CCCCC[C@H](O)CC[C@H]1[C@H](O)C[C@]2(C)Cc3c(cccc3OCC)C[C@]12C. The van der Waals surface area contributed by atoms with Crippen LogP contribution >= 0.6 is 0 Å². The zero-order chi connectivity index (χ0) is 20.4. The number of unbranched alkanes of at least 4 members (excludes halogenated alkanes) is 2. The van der Waals surface area contributed by atoms with E-state index in [4.69, 9.17) is 4.74 Å². The molecule has 0 radical (unpaired) electrons. The zero-order valence-electron chi connectivity index (χ0n) is 18.3. The second kappa shape index (κ2) is 8.75. The number of hydrogen-bond acceptors (Lipinski definition) is 3. The molecule has 28 heavy (non-hydrogen) atoms. The number of aliphatic hydroxyl groups excluding tert-OH is 2. The molecule has 0 amide bonds. The lowest BCUT2D eigenvalue weighted by Gasteiger charge is -2.49. The van der Waals surface area contributed by atoms with Gasteiger partial charge in [-0.1, -0.05) is 52.2 Å². The quantitative estimate of drug-likeness (QED) is 0.565. The molecule has 3 rings (SSSR count). The highest BCUT2D eigenvalue weighted by Crippen LogP contribution is 2.63. The lowest BCUT2D eigenvalue weighted by molar-refractivity contribution is 0.0235. The normalized spacial score (nSPS) is 32.6. The summed E-state index contributed by atoms with van der Waals surface area (Å²) in [6.45, 7) is 9.66. The van der Waals surface area contributed by atoms with Crippen molar-refractivity contribution in [3.05, 3.63) is 29.3 Å². The van der Waals surface area contributed by atoms with Gasteiger partial charge in [-0.2, -0.15) is 0 Å². The summed E-state index contributed by atoms with van der Waals surface area (Å²) < 4.78 is 5.91. The summed E-state index contributed by atoms with van der Waals surface area (Å²) in [5.41, 5.74) is 2.86. The maximum Gasteiger partial charge on any atom is 0.122 e. The predicted molar refractivity (Wildman–Crippen MR) is 115 cm³/mol. The Balaban J connectivity index is 1.76. The van der Waals surface area contributed by atoms with E-state index < -0.39 is 0 Å². The molecule has 158 valence electrons. The van der Waals surface area contributed by atoms with E-state index in [1.54, 1.807) is 0 Å². The van der Waals surface area contributed by atoms with Crippen LogP contribution in [-0.2, 0) is 12.8 Å². The molecule has 0 heterocycles. The van der Waals surface area contributed by atoms with Crippen LogP contribution in [0.1, 0.15) is 83.8 Å². The fourth-order valence-electron chi connectivity index (χ4n) is 6.04. The van der Waals surface area contributed by atoms with E-state index in [0.717, 1.165) is 50.7 Å². The van der Waals surface area contributed by atoms with Gasteiger partial charge in [-0.25, -0.2) is 0 Å². The van der Waals surface area contributed by atoms with Crippen LogP contribution in [0.2, 0.25) is 0 Å². The summed E-state index contributed by atoms with van der Waals surface area (Å²) in [6.07, 6.45) is 8.42. The molecule has 0 spiro atoms. The van der Waals surface area contributed by atoms with Gasteiger partial charge in [0.1, 0.15) is 5.75 Å². The van der Waals surface area contributed by atoms with Gasteiger partial charge < -0.3 is 14.9 Å². The highest BCUT2D eigenvalue weighted by Gasteiger charge is 2.59. The number of rotatable bonds is 9. The molecule has 0 bridgehead atoms. The Kier molecular flexibility index (Phi) is 6.76. The van der Waals surface area contributed by atoms with Crippen LogP contribution in [0.3, 0.4) is 0 Å². The van der Waals surface area contributed by atoms with Crippen molar-refractivity contribution >= 4 is 0 Å². The average molecular weight is 389 g/mol. The van der Waals surface area contributed by atoms with E-state index >= 15 is 0 Å². The topological polar surface area (TPSA) is 49.7 Å². The Morgan fingerprint density at radius 1 is 1.14 bits per heavy atom. The number of fused-ring (bicyclic) bond motifs is 2. The first-order valence-corrected chi connectivity index (χ1v) is 11.4. The van der Waals surface area contributed by atoms with E-state index in [0.29, 0.717) is 6.61 Å². The van der Waals surface area contributed by atoms with Gasteiger partial charge in [0.05, 0.1) is 18.8 Å². The van der Waals surface area contributed by atoms with Gasteiger partial charge in [-0.05, 0) is 79.4 Å². The molecule has 0 aromatic heterocycles. The van der Waals surface area contributed by atoms with Crippen LogP contribution in [-0.4, -0.2) is 29.0 Å². The standard InChI is InChI=1S/C25H40O3/c1-5-7-8-11-19(26)13-14-21-22(27)17-24(3)16-20-18(15-25(21,24)4)10-9-12-23(20)28-6-2/h9-10,12,19,21-22,26-27H,5-8,11,13-17H2,1-4H3/t19-,21-,22+,24-,25+/m0/s1. The van der Waals surface area contributed by atoms with Gasteiger partial charge in [0, 0.05) is 0 Å². The third-order valence-electron chi connectivity index (χ3n) is 7.93. The van der Waals surface area contributed by atoms with Gasteiger partial charge in [0.15, 0.2) is 0 Å². The van der Waals surface area contributed by atoms with Crippen molar-refractivity contribution in [2.24, 2.45) is 16.7 Å². The fraction of sp³-hybridized carbons (Fsp3) is 0.760. The van der Waals surface area contributed by atoms with Crippen molar-refractivity contribution < 1.29 is 14.9 Å². The van der Waals surface area contributed by atoms with Crippen LogP contribution in [0.25, 0.3) is 0 Å². The number of aliphatic hydroxyl groups is 2. The molecule has 1 fully saturated rings. The van der Waals surface area contributed by atoms with Gasteiger partial charge in [0.2, 0.25) is 0 Å². The third-order valence-corrected chi connectivity index (χ3v) is 7.93. The van der Waals surface area contributed by atoms with Crippen molar-refractivity contribution in [1.29, 1.82) is 0 Å². The van der Waals surface area contributed by atoms with Crippen LogP contribution in [0.5, 0.6) is 5.75 Å². The summed E-state index contributed by atoms with van der Waals surface area (Å²) in [5.74, 6) is 1.27. The number of benzene rings is 1. The predicted octanol–water partition coefficient (Wildman–Crippen LogP) is 5.30. The Morgan fingerprint density at radius 2 is 1.93 bits per heavy atom. The maximum atomic E-state index is 11.0. The minimum absolute atomic E-state index is 0.0629. The van der Waals surface area contributed by atoms with Crippen molar-refractivity contribution in [1.82, 2.24) is 0 Å². The highest BCUT2D eigenvalue weighted by molar-refractivity contribution is 5.45. The second-order valence-electron chi connectivity index (χ2n) is 9.76. The molecule has 0 unspecified atom stereocenters. The molecule has 2 N–H and O–H groups in total. The van der Waals surface area contributed by atoms with Crippen molar-refractivity contribution in [3.8, 4) is 5.75 Å². The third kappa shape index (κ3) is 3.98. The Hall–Kier alpha value is -1.06. The second-order valence-corrected chi connectivity index (χ2v) is 9.76. The average Bonchev–Trinajstić information content (AvgIpc) is 2.83. The Bertz CT molecular complexity index is 657. The summed E-state index contributed by atoms with van der Waals surface area (Å²) in [4.78, 5) is 0. The molecule has 0 aliphatic heterocycles. The molecule has 3 heteroatoms. The van der Waals surface area contributed by atoms with Crippen molar-refractivity contribution in [3.63, 3.8) is 0 Å². The monoisotopic (exact) mass is 388 g/mol. The lowest BCUT2D eigenvalue weighted by atomic mass is 9.55. The lowest BCUT2D eigenvalue weighted by Crippen LogP contribution is -2.44. The maximum absolute atomic E-state index is 11.0. The zero-order valence-corrected chi connectivity index (χ0v) is 18.3. The van der Waals surface area contributed by atoms with Crippen LogP contribution in [0, 0.1) is 16.7 Å². The molecule has 1 saturated carbocycles. The van der Waals surface area contributed by atoms with E-state index in [1.807, 2.05) is 6.92 Å². The Labute approximate surface area is 171 Å². The van der Waals surface area contributed by atoms with E-state index in [9.17, 15) is 10.2 Å². The molecule has 2 aliphatic rings. The highest BCUT2D eigenvalue weighted by atomic mass is 16.5. The van der Waals surface area contributed by atoms with Crippen molar-refractivity contribution in [2.75, 3.05) is 6.61 Å². The van der Waals surface area contributed by atoms with Gasteiger partial charge in [-0.3, -0.25) is 0 Å². The number of hydrogen-bond donors (Lipinski definition) is 2. The molecule has 2 aliphatic carbocycles. The number of ether oxygens (including phenoxy) is 1. The Morgan fingerprint density at radius 3 is 2.64 bits per heavy atom. The summed E-state index contributed by atoms with van der Waals surface area (Å²) in [6, 6.07) is 6.43. The van der Waals surface area contributed by atoms with Crippen LogP contribution in [0.4, 0.5) is 0 Å². The van der Waals surface area contributed by atoms with Gasteiger partial charge >= 0.3 is 0 Å². The first kappa shape index (κ1) is 21.6. The fourth-order valence-corrected chi connectivity index (χ4v) is 6.04. The van der Waals surface area contributed by atoms with Gasteiger partial charge in [0.25, 0.3) is 0 Å². The molecular weight excluding hydrogens is 348 g/mol. The molecular formula is C25H40O3. The first-order valence-electron chi connectivity index (χ1n) is 11.4. The van der Waals surface area contributed by atoms with Crippen LogP contribution < -0.4 is 4.74 Å².